The lowest BCUT2D eigenvalue weighted by molar-refractivity contribution is -0.385. The van der Waals surface area contributed by atoms with Crippen LogP contribution in [-0.2, 0) is 6.54 Å². The molecule has 0 amide bonds. The maximum absolute atomic E-state index is 10.6. The van der Waals surface area contributed by atoms with E-state index >= 15 is 0 Å². The molecule has 8 heteroatoms. The number of nitrogens with zero attached hydrogens (tertiary/aromatic N) is 5. The van der Waals surface area contributed by atoms with Crippen LogP contribution in [0.25, 0.3) is 0 Å². The summed E-state index contributed by atoms with van der Waals surface area (Å²) in [5.41, 5.74) is -0.0210. The molecule has 8 nitrogen and oxygen atoms in total. The highest BCUT2D eigenvalue weighted by molar-refractivity contribution is 5.55. The van der Waals surface area contributed by atoms with Crippen LogP contribution in [-0.4, -0.2) is 26.0 Å². The molecule has 0 unspecified atom stereocenters. The zero-order valence-electron chi connectivity index (χ0n) is 10.6. The van der Waals surface area contributed by atoms with Crippen LogP contribution < -0.4 is 5.32 Å². The van der Waals surface area contributed by atoms with Gasteiger partial charge in [0, 0.05) is 31.5 Å². The maximum Gasteiger partial charge on any atom is 0.289 e. The topological polar surface area (TPSA) is 110 Å². The Balaban J connectivity index is 1.92. The third-order valence-corrected chi connectivity index (χ3v) is 2.65. The van der Waals surface area contributed by atoms with Crippen molar-refractivity contribution in [1.82, 2.24) is 14.5 Å². The highest BCUT2D eigenvalue weighted by atomic mass is 16.6. The standard InChI is InChI=1S/C12H12N6O2/c13-7-10-6-11(18(19)20)8-16-12(10)15-2-1-4-17-5-3-14-9-17/h3,5-6,8-9H,1-2,4H2,(H,15,16). The van der Waals surface area contributed by atoms with Crippen LogP contribution in [0.2, 0.25) is 0 Å². The highest BCUT2D eigenvalue weighted by Gasteiger charge is 2.11. The second kappa shape index (κ2) is 6.29. The molecular weight excluding hydrogens is 260 g/mol. The predicted molar refractivity (Wildman–Crippen MR) is 70.9 cm³/mol. The quantitative estimate of drug-likeness (QED) is 0.485. The Morgan fingerprint density at radius 3 is 3.05 bits per heavy atom. The lowest BCUT2D eigenvalue weighted by atomic mass is 10.2. The van der Waals surface area contributed by atoms with E-state index in [-0.39, 0.29) is 11.3 Å². The lowest BCUT2D eigenvalue weighted by Crippen LogP contribution is -2.08. The number of hydrogen-bond acceptors (Lipinski definition) is 6. The summed E-state index contributed by atoms with van der Waals surface area (Å²) < 4.78 is 1.94. The van der Waals surface area contributed by atoms with E-state index in [1.807, 2.05) is 16.8 Å². The normalized spacial score (nSPS) is 9.95. The van der Waals surface area contributed by atoms with E-state index in [4.69, 9.17) is 5.26 Å². The minimum Gasteiger partial charge on any atom is -0.369 e. The average Bonchev–Trinajstić information content (AvgIpc) is 2.96. The van der Waals surface area contributed by atoms with E-state index in [0.717, 1.165) is 19.2 Å². The fourth-order valence-corrected chi connectivity index (χ4v) is 1.67. The Hall–Kier alpha value is -2.95. The summed E-state index contributed by atoms with van der Waals surface area (Å²) in [6, 6.07) is 3.11. The third-order valence-electron chi connectivity index (χ3n) is 2.65. The summed E-state index contributed by atoms with van der Waals surface area (Å²) in [5, 5.41) is 22.6. The summed E-state index contributed by atoms with van der Waals surface area (Å²) in [7, 11) is 0. The molecule has 0 radical (unpaired) electrons. The largest absolute Gasteiger partial charge is 0.369 e. The molecule has 2 rings (SSSR count). The number of nitrogens with one attached hydrogen (secondary N) is 1. The highest BCUT2D eigenvalue weighted by Crippen LogP contribution is 2.17. The SMILES string of the molecule is N#Cc1cc([N+](=O)[O-])cnc1NCCCn1ccnc1. The number of aryl methyl sites for hydroxylation is 1. The van der Waals surface area contributed by atoms with Gasteiger partial charge in [-0.1, -0.05) is 0 Å². The first-order chi connectivity index (χ1) is 9.70. The van der Waals surface area contributed by atoms with E-state index in [0.29, 0.717) is 12.4 Å². The molecule has 0 aliphatic heterocycles. The zero-order chi connectivity index (χ0) is 14.4. The molecular formula is C12H12N6O2. The Morgan fingerprint density at radius 1 is 1.55 bits per heavy atom. The van der Waals surface area contributed by atoms with E-state index < -0.39 is 4.92 Å². The number of nitro groups is 1. The summed E-state index contributed by atoms with van der Waals surface area (Å²) >= 11 is 0. The van der Waals surface area contributed by atoms with Gasteiger partial charge in [0.05, 0.1) is 11.3 Å². The summed E-state index contributed by atoms with van der Waals surface area (Å²) in [6.07, 6.45) is 7.26. The van der Waals surface area contributed by atoms with Crippen molar-refractivity contribution in [3.8, 4) is 6.07 Å². The minimum atomic E-state index is -0.573. The van der Waals surface area contributed by atoms with Crippen LogP contribution in [0, 0.1) is 21.4 Å². The fraction of sp³-hybridized carbons (Fsp3) is 0.250. The van der Waals surface area contributed by atoms with Crippen molar-refractivity contribution in [2.45, 2.75) is 13.0 Å². The average molecular weight is 272 g/mol. The molecule has 0 bridgehead atoms. The van der Waals surface area contributed by atoms with E-state index in [2.05, 4.69) is 15.3 Å². The molecule has 0 saturated heterocycles. The maximum atomic E-state index is 10.6. The fourth-order valence-electron chi connectivity index (χ4n) is 1.67. The number of imidazole rings is 1. The van der Waals surface area contributed by atoms with Gasteiger partial charge in [-0.2, -0.15) is 5.26 Å². The van der Waals surface area contributed by atoms with E-state index in [9.17, 15) is 10.1 Å². The predicted octanol–water partition coefficient (Wildman–Crippen LogP) is 1.56. The molecule has 2 aromatic heterocycles. The van der Waals surface area contributed by atoms with E-state index in [1.54, 1.807) is 12.5 Å². The Morgan fingerprint density at radius 2 is 2.40 bits per heavy atom. The van der Waals surface area contributed by atoms with Gasteiger partial charge in [-0.15, -0.1) is 0 Å². The van der Waals surface area contributed by atoms with Gasteiger partial charge in [0.25, 0.3) is 5.69 Å². The van der Waals surface area contributed by atoms with Crippen molar-refractivity contribution in [2.75, 3.05) is 11.9 Å². The monoisotopic (exact) mass is 272 g/mol. The van der Waals surface area contributed by atoms with Crippen molar-refractivity contribution < 1.29 is 4.92 Å². The second-order valence-corrected chi connectivity index (χ2v) is 4.04. The molecule has 0 aliphatic carbocycles. The second-order valence-electron chi connectivity index (χ2n) is 4.04. The smallest absolute Gasteiger partial charge is 0.289 e. The molecule has 0 aromatic carbocycles. The number of nitriles is 1. The number of rotatable bonds is 6. The number of anilines is 1. The summed E-state index contributed by atoms with van der Waals surface area (Å²) in [6.45, 7) is 1.40. The van der Waals surface area contributed by atoms with Gasteiger partial charge in [0.1, 0.15) is 23.6 Å². The van der Waals surface area contributed by atoms with Gasteiger partial charge in [-0.25, -0.2) is 9.97 Å². The van der Waals surface area contributed by atoms with Crippen molar-refractivity contribution in [1.29, 1.82) is 5.26 Å². The van der Waals surface area contributed by atoms with Crippen molar-refractivity contribution >= 4 is 11.5 Å². The van der Waals surface area contributed by atoms with Gasteiger partial charge in [0.2, 0.25) is 0 Å². The molecule has 0 saturated carbocycles. The van der Waals surface area contributed by atoms with Crippen LogP contribution in [0.4, 0.5) is 11.5 Å². The van der Waals surface area contributed by atoms with Gasteiger partial charge in [-0.05, 0) is 6.42 Å². The Labute approximate surface area is 114 Å². The van der Waals surface area contributed by atoms with Gasteiger partial charge < -0.3 is 9.88 Å². The van der Waals surface area contributed by atoms with Crippen LogP contribution >= 0.6 is 0 Å². The number of aromatic nitrogens is 3. The van der Waals surface area contributed by atoms with Crippen molar-refractivity contribution in [3.63, 3.8) is 0 Å². The first-order valence-corrected chi connectivity index (χ1v) is 5.95. The minimum absolute atomic E-state index is 0.168. The molecule has 2 aromatic rings. The lowest BCUT2D eigenvalue weighted by Gasteiger charge is -2.07. The first-order valence-electron chi connectivity index (χ1n) is 5.95. The van der Waals surface area contributed by atoms with Crippen molar-refractivity contribution in [3.05, 3.63) is 46.7 Å². The van der Waals surface area contributed by atoms with Crippen molar-refractivity contribution in [2.24, 2.45) is 0 Å². The van der Waals surface area contributed by atoms with Gasteiger partial charge >= 0.3 is 0 Å². The summed E-state index contributed by atoms with van der Waals surface area (Å²) in [5.74, 6) is 0.365. The van der Waals surface area contributed by atoms with E-state index in [1.165, 1.54) is 6.07 Å². The van der Waals surface area contributed by atoms with Crippen LogP contribution in [0.3, 0.4) is 0 Å². The van der Waals surface area contributed by atoms with Gasteiger partial charge in [0.15, 0.2) is 0 Å². The molecule has 1 N–H and O–H groups in total. The van der Waals surface area contributed by atoms with Crippen LogP contribution in [0.1, 0.15) is 12.0 Å². The molecule has 2 heterocycles. The van der Waals surface area contributed by atoms with Crippen LogP contribution in [0.5, 0.6) is 0 Å². The zero-order valence-corrected chi connectivity index (χ0v) is 10.6. The summed E-state index contributed by atoms with van der Waals surface area (Å²) in [4.78, 5) is 17.9. The third kappa shape index (κ3) is 3.29. The molecule has 0 atom stereocenters. The Kier molecular flexibility index (Phi) is 4.24. The molecule has 0 fully saturated rings. The van der Waals surface area contributed by atoms with Crippen LogP contribution in [0.15, 0.2) is 31.0 Å². The van der Waals surface area contributed by atoms with Gasteiger partial charge in [-0.3, -0.25) is 10.1 Å². The number of hydrogen-bond donors (Lipinski definition) is 1. The molecule has 0 spiro atoms. The number of pyridine rings is 1. The Bertz CT molecular complexity index is 632. The first kappa shape index (κ1) is 13.5. The molecule has 102 valence electrons. The molecule has 0 aliphatic rings. The molecule has 20 heavy (non-hydrogen) atoms.